The average molecular weight is 1030 g/mol. The van der Waals surface area contributed by atoms with E-state index in [2.05, 4.69) is 39.8 Å². The van der Waals surface area contributed by atoms with Crippen LogP contribution in [0.5, 0.6) is 0 Å². The van der Waals surface area contributed by atoms with E-state index in [-0.39, 0.29) is 39.6 Å². The van der Waals surface area contributed by atoms with Gasteiger partial charge in [-0.3, -0.25) is 39.3 Å². The predicted molar refractivity (Wildman–Crippen MR) is 220 cm³/mol. The maximum Gasteiger partial charge on any atom is 0.434 e. The van der Waals surface area contributed by atoms with Crippen LogP contribution in [-0.4, -0.2) is 106 Å². The molecule has 0 spiro atoms. The molecule has 1 aliphatic carbocycles. The van der Waals surface area contributed by atoms with Crippen LogP contribution in [0.4, 0.5) is 23.2 Å². The van der Waals surface area contributed by atoms with Gasteiger partial charge in [-0.05, 0) is 71.4 Å². The molecule has 1 unspecified atom stereocenters. The van der Waals surface area contributed by atoms with Gasteiger partial charge in [-0.25, -0.2) is 17.6 Å². The zero-order chi connectivity index (χ0) is 48.2. The van der Waals surface area contributed by atoms with Crippen LogP contribution in [0, 0.1) is 21.8 Å². The third-order valence-electron chi connectivity index (χ3n) is 7.33. The fraction of sp³-hybridized carbons (Fsp3) is 0.429. The zero-order valence-electron chi connectivity index (χ0n) is 33.7. The summed E-state index contributed by atoms with van der Waals surface area (Å²) in [6, 6.07) is 4.65. The van der Waals surface area contributed by atoms with Gasteiger partial charge in [0.1, 0.15) is 25.0 Å². The van der Waals surface area contributed by atoms with E-state index in [1.165, 1.54) is 0 Å². The lowest BCUT2D eigenvalue weighted by atomic mass is 9.81. The molecule has 2 aromatic carbocycles. The number of aryl methyl sites for hydroxylation is 1. The number of ketones is 3. The Bertz CT molecular complexity index is 2320. The molecule has 62 heavy (non-hydrogen) atoms. The van der Waals surface area contributed by atoms with Crippen molar-refractivity contribution in [1.82, 2.24) is 15.1 Å². The lowest BCUT2D eigenvalue weighted by molar-refractivity contribution is -0.385. The van der Waals surface area contributed by atoms with Gasteiger partial charge in [0.25, 0.3) is 5.69 Å². The van der Waals surface area contributed by atoms with E-state index in [1.807, 2.05) is 5.32 Å². The number of carbonyl (C=O) groups excluding carboxylic acids is 4. The second kappa shape index (κ2) is 23.5. The maximum absolute atomic E-state index is 14.3. The summed E-state index contributed by atoms with van der Waals surface area (Å²) in [5, 5.41) is 24.6. The van der Waals surface area contributed by atoms with Gasteiger partial charge in [0, 0.05) is 37.8 Å². The number of halogens is 6. The number of ether oxygens (including phenoxy) is 1. The molecule has 1 atom stereocenters. The average Bonchev–Trinajstić information content (AvgIpc) is 3.40. The number of carboxylic acid groups (broad SMARTS) is 1. The molecule has 27 heteroatoms. The van der Waals surface area contributed by atoms with Crippen molar-refractivity contribution in [3.05, 3.63) is 72.6 Å². The van der Waals surface area contributed by atoms with Gasteiger partial charge < -0.3 is 24.2 Å². The number of Topliss-reactive ketones (excluding diaryl/α,β-unsaturated/α-hetero) is 3. The fourth-order valence-electron chi connectivity index (χ4n) is 4.90. The minimum Gasteiger partial charge on any atom is -0.778 e. The van der Waals surface area contributed by atoms with Gasteiger partial charge in [-0.2, -0.15) is 18.3 Å². The van der Waals surface area contributed by atoms with Gasteiger partial charge in [-0.15, -0.1) is 0 Å². The molecule has 3 N–H and O–H groups in total. The first-order valence-corrected chi connectivity index (χ1v) is 24.5. The molecule has 4 rings (SSSR count). The number of hydrogen-bond acceptors (Lipinski definition) is 14. The van der Waals surface area contributed by atoms with Crippen molar-refractivity contribution in [2.24, 2.45) is 13.0 Å². The monoisotopic (exact) mass is 1030 g/mol. The Morgan fingerprint density at radius 3 is 2.08 bits per heavy atom. The molecular formula is C35H41BrClF4N4O14PS2. The minimum atomic E-state index is -4.69. The third kappa shape index (κ3) is 17.6. The van der Waals surface area contributed by atoms with Gasteiger partial charge in [0.05, 0.1) is 68.1 Å². The fourth-order valence-corrected chi connectivity index (χ4v) is 6.94. The van der Waals surface area contributed by atoms with Crippen LogP contribution in [0.2, 0.25) is 5.02 Å². The van der Waals surface area contributed by atoms with Crippen molar-refractivity contribution >= 4 is 90.8 Å². The Hall–Kier alpha value is -4.10. The Labute approximate surface area is 368 Å². The van der Waals surface area contributed by atoms with Gasteiger partial charge in [0.15, 0.2) is 32.9 Å². The van der Waals surface area contributed by atoms with E-state index < -0.39 is 110 Å². The summed E-state index contributed by atoms with van der Waals surface area (Å²) in [6.07, 6.45) is 2.10. The number of sulfone groups is 1. The van der Waals surface area contributed by atoms with Gasteiger partial charge in [0.2, 0.25) is 0 Å². The molecule has 0 bridgehead atoms. The summed E-state index contributed by atoms with van der Waals surface area (Å²) in [6.45, 7) is 2.75. The van der Waals surface area contributed by atoms with Gasteiger partial charge >= 0.3 is 18.1 Å². The molecule has 1 fully saturated rings. The number of nitrogens with zero attached hydrogens (tertiary/aromatic N) is 3. The van der Waals surface area contributed by atoms with E-state index >= 15 is 0 Å². The number of nitrogens with one attached hydrogen (secondary N) is 1. The molecule has 0 amide bonds. The highest BCUT2D eigenvalue weighted by Crippen LogP contribution is 2.41. The van der Waals surface area contributed by atoms with Crippen LogP contribution < -0.4 is 10.2 Å². The molecule has 344 valence electrons. The highest BCUT2D eigenvalue weighted by molar-refractivity contribution is 9.10. The third-order valence-corrected chi connectivity index (χ3v) is 10.1. The van der Waals surface area contributed by atoms with E-state index in [0.717, 1.165) is 43.6 Å². The summed E-state index contributed by atoms with van der Waals surface area (Å²) < 4.78 is 91.5. The van der Waals surface area contributed by atoms with Crippen molar-refractivity contribution in [2.75, 3.05) is 37.9 Å². The van der Waals surface area contributed by atoms with Crippen molar-refractivity contribution in [2.45, 2.75) is 50.3 Å². The molecule has 1 aliphatic rings. The first-order valence-electron chi connectivity index (χ1n) is 17.2. The molecule has 0 aliphatic heterocycles. The molecule has 3 aromatic rings. The standard InChI is InChI=1S/C15H12BrClF4N2O2.C14H13NO7S.C3H8NO5P.C3H9S/c1-6(2)25-14(24)7-4-8(10(18)5-9(7)17)12-11(16)13(15(19,20)21)23(3)22-12;1-23(21,22)8-5-6-9(10(7-8)15(19)20)14(18)13-11(16)3-2-4-12(13)17;5-3(6)1-4-2-10(7,8)9;1-4(2)3/h4-6H,1-3H3;5-7,13H,2-4H2,1H3;4H,1-2H2,(H,5,6)(H2,7,8,9);1-3H3/q;;;+1/p-1. The van der Waals surface area contributed by atoms with Crippen LogP contribution in [-0.2, 0) is 57.6 Å². The summed E-state index contributed by atoms with van der Waals surface area (Å²) >= 11 is 8.67. The lowest BCUT2D eigenvalue weighted by Gasteiger charge is -2.18. The summed E-state index contributed by atoms with van der Waals surface area (Å²) in [7, 11) is -6.32. The van der Waals surface area contributed by atoms with E-state index in [9.17, 15) is 69.5 Å². The van der Waals surface area contributed by atoms with Crippen molar-refractivity contribution < 1.29 is 79.1 Å². The number of carbonyl (C=O) groups is 5. The number of esters is 1. The first kappa shape index (κ1) is 55.9. The van der Waals surface area contributed by atoms with E-state index in [1.54, 1.807) is 13.8 Å². The Morgan fingerprint density at radius 1 is 1.13 bits per heavy atom. The Morgan fingerprint density at radius 2 is 1.66 bits per heavy atom. The second-order valence-corrected chi connectivity index (χ2v) is 20.8. The number of carboxylic acids is 1. The summed E-state index contributed by atoms with van der Waals surface area (Å²) in [4.78, 5) is 85.8. The van der Waals surface area contributed by atoms with Crippen LogP contribution in [0.3, 0.4) is 0 Å². The van der Waals surface area contributed by atoms with E-state index in [4.69, 9.17) is 26.3 Å². The largest absolute Gasteiger partial charge is 0.778 e. The first-order chi connectivity index (χ1) is 28.2. The highest BCUT2D eigenvalue weighted by Gasteiger charge is 2.40. The maximum atomic E-state index is 14.3. The highest BCUT2D eigenvalue weighted by atomic mass is 79.9. The number of nitro groups is 1. The number of benzene rings is 2. The zero-order valence-corrected chi connectivity index (χ0v) is 38.6. The number of hydrogen-bond donors (Lipinski definition) is 3. The number of nitro benzene ring substituents is 1. The quantitative estimate of drug-likeness (QED) is 0.0333. The molecule has 1 heterocycles. The van der Waals surface area contributed by atoms with Crippen LogP contribution >= 0.6 is 35.1 Å². The molecule has 0 radical (unpaired) electrons. The van der Waals surface area contributed by atoms with Crippen molar-refractivity contribution in [3.8, 4) is 11.3 Å². The van der Waals surface area contributed by atoms with Crippen LogP contribution in [0.1, 0.15) is 59.5 Å². The predicted octanol–water partition coefficient (Wildman–Crippen LogP) is 5.00. The number of aromatic nitrogens is 2. The number of aliphatic carboxylic acids is 1. The van der Waals surface area contributed by atoms with Gasteiger partial charge in [-0.1, -0.05) is 11.6 Å². The lowest BCUT2D eigenvalue weighted by Crippen LogP contribution is -2.35. The molecule has 1 saturated carbocycles. The smallest absolute Gasteiger partial charge is 0.434 e. The van der Waals surface area contributed by atoms with E-state index in [0.29, 0.717) is 22.0 Å². The number of rotatable bonds is 11. The Kier molecular flexibility index (Phi) is 21.2. The Balaban J connectivity index is 0.000000478. The second-order valence-electron chi connectivity index (χ2n) is 13.5. The minimum absolute atomic E-state index is 0.0668. The number of alkyl halides is 3. The topological polar surface area (TPSA) is 282 Å². The summed E-state index contributed by atoms with van der Waals surface area (Å²) in [5.74, 6) is -6.52. The van der Waals surface area contributed by atoms with Crippen LogP contribution in [0.25, 0.3) is 11.3 Å². The normalized spacial score (nSPS) is 14.1. The molecule has 0 saturated heterocycles. The van der Waals surface area contributed by atoms with Crippen molar-refractivity contribution in [1.29, 1.82) is 0 Å². The summed E-state index contributed by atoms with van der Waals surface area (Å²) in [5.41, 5.74) is -3.03. The molecular weight excluding hydrogens is 987 g/mol. The molecule has 18 nitrogen and oxygen atoms in total. The SMILES string of the molecule is CC(C)OC(=O)c1cc(-c2nn(C)c(C(F)(F)F)c2Br)c(F)cc1Cl.CS(=O)(=O)c1ccc(C(=O)C2C(=O)CCCC2=O)c([N+](=O)[O-])c1.C[S+](C)C.O=C(O)CNCP(=O)([O-])O. The van der Waals surface area contributed by atoms with Crippen LogP contribution in [0.15, 0.2) is 39.7 Å². The van der Waals surface area contributed by atoms with Crippen molar-refractivity contribution in [3.63, 3.8) is 0 Å². The molecule has 1 aromatic heterocycles.